The maximum absolute atomic E-state index is 8.66. The number of nitrogens with two attached hydrogens (primary N) is 1. The lowest BCUT2D eigenvalue weighted by molar-refractivity contribution is 0.238. The molecule has 0 aromatic heterocycles. The molecule has 1 aromatic carbocycles. The lowest BCUT2D eigenvalue weighted by Crippen LogP contribution is -2.38. The van der Waals surface area contributed by atoms with Gasteiger partial charge in [0.25, 0.3) is 0 Å². The SMILES string of the molecule is COc1ccc(CN(CC(N)=NO)C(C)C)cc1Br. The van der Waals surface area contributed by atoms with Crippen molar-refractivity contribution in [3.8, 4) is 5.75 Å². The number of rotatable bonds is 6. The van der Waals surface area contributed by atoms with Gasteiger partial charge in [0.15, 0.2) is 5.84 Å². The Morgan fingerprint density at radius 2 is 2.21 bits per heavy atom. The lowest BCUT2D eigenvalue weighted by Gasteiger charge is -2.26. The van der Waals surface area contributed by atoms with Crippen LogP contribution in [0.4, 0.5) is 0 Å². The van der Waals surface area contributed by atoms with Crippen LogP contribution in [0.5, 0.6) is 5.75 Å². The molecule has 0 amide bonds. The Hall–Kier alpha value is -1.27. The molecule has 0 unspecified atom stereocenters. The lowest BCUT2D eigenvalue weighted by atomic mass is 10.2. The van der Waals surface area contributed by atoms with Crippen LogP contribution in [0, 0.1) is 0 Å². The molecule has 5 nitrogen and oxygen atoms in total. The molecular weight excluding hydrogens is 310 g/mol. The molecule has 106 valence electrons. The normalized spacial score (nSPS) is 12.2. The van der Waals surface area contributed by atoms with Crippen LogP contribution in [0.15, 0.2) is 27.8 Å². The molecular formula is C13H20BrN3O2. The van der Waals surface area contributed by atoms with E-state index in [2.05, 4.69) is 39.8 Å². The van der Waals surface area contributed by atoms with Crippen molar-refractivity contribution in [1.82, 2.24) is 4.90 Å². The summed E-state index contributed by atoms with van der Waals surface area (Å²) in [7, 11) is 1.64. The van der Waals surface area contributed by atoms with E-state index < -0.39 is 0 Å². The highest BCUT2D eigenvalue weighted by molar-refractivity contribution is 9.10. The van der Waals surface area contributed by atoms with Crippen LogP contribution in [-0.4, -0.2) is 35.6 Å². The molecule has 0 spiro atoms. The number of hydrogen-bond donors (Lipinski definition) is 2. The van der Waals surface area contributed by atoms with Gasteiger partial charge in [-0.05, 0) is 47.5 Å². The number of methoxy groups -OCH3 is 1. The minimum absolute atomic E-state index is 0.210. The molecule has 1 rings (SSSR count). The number of hydrogen-bond acceptors (Lipinski definition) is 4. The fraction of sp³-hybridized carbons (Fsp3) is 0.462. The van der Waals surface area contributed by atoms with Crippen molar-refractivity contribution in [3.05, 3.63) is 28.2 Å². The van der Waals surface area contributed by atoms with Gasteiger partial charge < -0.3 is 15.7 Å². The van der Waals surface area contributed by atoms with Crippen LogP contribution >= 0.6 is 15.9 Å². The Morgan fingerprint density at radius 3 is 2.68 bits per heavy atom. The van der Waals surface area contributed by atoms with Gasteiger partial charge >= 0.3 is 0 Å². The van der Waals surface area contributed by atoms with E-state index in [1.165, 1.54) is 0 Å². The van der Waals surface area contributed by atoms with E-state index in [4.69, 9.17) is 15.7 Å². The van der Waals surface area contributed by atoms with Crippen molar-refractivity contribution in [2.75, 3.05) is 13.7 Å². The zero-order valence-electron chi connectivity index (χ0n) is 11.4. The summed E-state index contributed by atoms with van der Waals surface area (Å²) in [6, 6.07) is 6.23. The molecule has 19 heavy (non-hydrogen) atoms. The smallest absolute Gasteiger partial charge is 0.153 e. The molecule has 0 aliphatic rings. The van der Waals surface area contributed by atoms with Gasteiger partial charge in [-0.1, -0.05) is 11.2 Å². The van der Waals surface area contributed by atoms with Gasteiger partial charge in [0, 0.05) is 12.6 Å². The van der Waals surface area contributed by atoms with Gasteiger partial charge in [0.2, 0.25) is 0 Å². The van der Waals surface area contributed by atoms with Crippen molar-refractivity contribution >= 4 is 21.8 Å². The summed E-state index contributed by atoms with van der Waals surface area (Å²) in [5.41, 5.74) is 6.70. The van der Waals surface area contributed by atoms with E-state index in [9.17, 15) is 0 Å². The van der Waals surface area contributed by atoms with E-state index >= 15 is 0 Å². The largest absolute Gasteiger partial charge is 0.496 e. The topological polar surface area (TPSA) is 71.1 Å². The maximum atomic E-state index is 8.66. The number of ether oxygens (including phenoxy) is 1. The minimum Gasteiger partial charge on any atom is -0.496 e. The molecule has 3 N–H and O–H groups in total. The molecule has 6 heteroatoms. The molecule has 0 heterocycles. The van der Waals surface area contributed by atoms with Crippen molar-refractivity contribution < 1.29 is 9.94 Å². The average molecular weight is 330 g/mol. The van der Waals surface area contributed by atoms with Crippen molar-refractivity contribution in [2.45, 2.75) is 26.4 Å². The number of benzene rings is 1. The Bertz CT molecular complexity index is 450. The zero-order valence-corrected chi connectivity index (χ0v) is 13.0. The molecule has 0 saturated carbocycles. The maximum Gasteiger partial charge on any atom is 0.153 e. The molecule has 0 aliphatic carbocycles. The van der Waals surface area contributed by atoms with Crippen LogP contribution in [-0.2, 0) is 6.54 Å². The monoisotopic (exact) mass is 329 g/mol. The third-order valence-corrected chi connectivity index (χ3v) is 3.45. The molecule has 0 bridgehead atoms. The minimum atomic E-state index is 0.210. The van der Waals surface area contributed by atoms with Crippen LogP contribution in [0.1, 0.15) is 19.4 Å². The fourth-order valence-electron chi connectivity index (χ4n) is 1.70. The second-order valence-electron chi connectivity index (χ2n) is 4.56. The Kier molecular flexibility index (Phi) is 6.11. The first kappa shape index (κ1) is 15.8. The Morgan fingerprint density at radius 1 is 1.53 bits per heavy atom. The quantitative estimate of drug-likeness (QED) is 0.364. The van der Waals surface area contributed by atoms with Gasteiger partial charge in [-0.25, -0.2) is 0 Å². The van der Waals surface area contributed by atoms with Crippen molar-refractivity contribution in [1.29, 1.82) is 0 Å². The third kappa shape index (κ3) is 4.72. The molecule has 1 aromatic rings. The predicted molar refractivity (Wildman–Crippen MR) is 79.6 cm³/mol. The Labute approximate surface area is 122 Å². The third-order valence-electron chi connectivity index (χ3n) is 2.83. The fourth-order valence-corrected chi connectivity index (χ4v) is 2.29. The number of halogens is 1. The van der Waals surface area contributed by atoms with Crippen LogP contribution in [0.25, 0.3) is 0 Å². The molecule has 0 fully saturated rings. The molecule has 0 aliphatic heterocycles. The van der Waals surface area contributed by atoms with E-state index in [-0.39, 0.29) is 5.84 Å². The average Bonchev–Trinajstić information content (AvgIpc) is 2.37. The van der Waals surface area contributed by atoms with Gasteiger partial charge in [0.1, 0.15) is 5.75 Å². The van der Waals surface area contributed by atoms with E-state index in [0.717, 1.165) is 22.3 Å². The second-order valence-corrected chi connectivity index (χ2v) is 5.41. The summed E-state index contributed by atoms with van der Waals surface area (Å²) in [5.74, 6) is 1.01. The first-order valence-electron chi connectivity index (χ1n) is 6.00. The van der Waals surface area contributed by atoms with Crippen molar-refractivity contribution in [3.63, 3.8) is 0 Å². The van der Waals surface area contributed by atoms with Gasteiger partial charge in [-0.15, -0.1) is 0 Å². The van der Waals surface area contributed by atoms with Crippen LogP contribution in [0.2, 0.25) is 0 Å². The highest BCUT2D eigenvalue weighted by Crippen LogP contribution is 2.26. The van der Waals surface area contributed by atoms with E-state index in [1.54, 1.807) is 7.11 Å². The van der Waals surface area contributed by atoms with E-state index in [0.29, 0.717) is 12.6 Å². The summed E-state index contributed by atoms with van der Waals surface area (Å²) in [6.07, 6.45) is 0. The first-order valence-corrected chi connectivity index (χ1v) is 6.80. The number of oxime groups is 1. The zero-order chi connectivity index (χ0) is 14.4. The Balaban J connectivity index is 2.82. The predicted octanol–water partition coefficient (Wildman–Crippen LogP) is 2.41. The summed E-state index contributed by atoms with van der Waals surface area (Å²) in [5, 5.41) is 11.7. The summed E-state index contributed by atoms with van der Waals surface area (Å²) in [4.78, 5) is 2.11. The van der Waals surface area contributed by atoms with Gasteiger partial charge in [-0.2, -0.15) is 0 Å². The van der Waals surface area contributed by atoms with Gasteiger partial charge in [-0.3, -0.25) is 4.90 Å². The molecule has 0 atom stereocenters. The van der Waals surface area contributed by atoms with Gasteiger partial charge in [0.05, 0.1) is 18.1 Å². The highest BCUT2D eigenvalue weighted by atomic mass is 79.9. The number of nitrogens with zero attached hydrogens (tertiary/aromatic N) is 2. The molecule has 0 saturated heterocycles. The summed E-state index contributed by atoms with van der Waals surface area (Å²) >= 11 is 3.47. The first-order chi connectivity index (χ1) is 8.97. The van der Waals surface area contributed by atoms with Crippen LogP contribution in [0.3, 0.4) is 0 Å². The summed E-state index contributed by atoms with van der Waals surface area (Å²) < 4.78 is 6.12. The summed E-state index contributed by atoms with van der Waals surface area (Å²) in [6.45, 7) is 5.29. The number of amidine groups is 1. The highest BCUT2D eigenvalue weighted by Gasteiger charge is 2.13. The molecule has 0 radical (unpaired) electrons. The second kappa shape index (κ2) is 7.35. The van der Waals surface area contributed by atoms with Crippen molar-refractivity contribution in [2.24, 2.45) is 10.9 Å². The van der Waals surface area contributed by atoms with Crippen LogP contribution < -0.4 is 10.5 Å². The standard InChI is InChI=1S/C13H20BrN3O2/c1-9(2)17(8-13(15)16-18)7-10-4-5-12(19-3)11(14)6-10/h4-6,9,18H,7-8H2,1-3H3,(H2,15,16). The van der Waals surface area contributed by atoms with E-state index in [1.807, 2.05) is 18.2 Å².